The SMILES string of the molecule is C=C.O=C([O-])CO.O=C([O-])CO.O=C([O-])CO.O=C([O-])CO.O=C([O-])CO.[Na+].[Ti+4]. The van der Waals surface area contributed by atoms with Gasteiger partial charge in [-0.2, -0.15) is 0 Å². The van der Waals surface area contributed by atoms with Crippen molar-refractivity contribution in [3.8, 4) is 0 Å². The van der Waals surface area contributed by atoms with Crippen molar-refractivity contribution in [2.75, 3.05) is 33.0 Å². The molecule has 29 heavy (non-hydrogen) atoms. The molecule has 0 aromatic carbocycles. The summed E-state index contributed by atoms with van der Waals surface area (Å²) in [4.78, 5) is 45.0. The second kappa shape index (κ2) is 50.4. The molecule has 0 saturated carbocycles. The van der Waals surface area contributed by atoms with Crippen molar-refractivity contribution in [3.63, 3.8) is 0 Å². The molecule has 0 atom stereocenters. The average Bonchev–Trinajstić information content (AvgIpc) is 2.64. The van der Waals surface area contributed by atoms with Gasteiger partial charge in [0.05, 0.1) is 62.9 Å². The van der Waals surface area contributed by atoms with E-state index in [1.54, 1.807) is 0 Å². The number of rotatable bonds is 5. The molecule has 0 spiro atoms. The molecule has 0 heterocycles. The zero-order valence-corrected chi connectivity index (χ0v) is 18.8. The van der Waals surface area contributed by atoms with Crippen LogP contribution >= 0.6 is 0 Å². The van der Waals surface area contributed by atoms with Crippen LogP contribution in [0.5, 0.6) is 0 Å². The molecule has 0 bridgehead atoms. The minimum Gasteiger partial charge on any atom is -0.548 e. The Hall–Kier alpha value is -1.40. The molecule has 0 amide bonds. The second-order valence-electron chi connectivity index (χ2n) is 2.65. The molecule has 0 aliphatic heterocycles. The first-order valence-electron chi connectivity index (χ1n) is 5.89. The molecule has 0 aromatic heterocycles. The van der Waals surface area contributed by atoms with E-state index in [4.69, 9.17) is 75.0 Å². The number of aliphatic hydroxyl groups excluding tert-OH is 5. The predicted octanol–water partition coefficient (Wildman–Crippen LogP) is -13.6. The van der Waals surface area contributed by atoms with E-state index < -0.39 is 62.9 Å². The predicted molar refractivity (Wildman–Crippen MR) is 71.7 cm³/mol. The summed E-state index contributed by atoms with van der Waals surface area (Å²) in [5, 5.41) is 82.4. The summed E-state index contributed by atoms with van der Waals surface area (Å²) in [6.07, 6.45) is 0. The number of aliphatic carboxylic acids is 5. The van der Waals surface area contributed by atoms with E-state index in [0.717, 1.165) is 0 Å². The van der Waals surface area contributed by atoms with Crippen LogP contribution in [-0.4, -0.2) is 88.4 Å². The van der Waals surface area contributed by atoms with E-state index in [1.807, 2.05) is 0 Å². The van der Waals surface area contributed by atoms with Crippen LogP contribution in [0.25, 0.3) is 0 Å². The minimum atomic E-state index is -1.44. The number of hydrogen-bond acceptors (Lipinski definition) is 15. The Kier molecular flexibility index (Phi) is 88.3. The van der Waals surface area contributed by atoms with Gasteiger partial charge in [-0.25, -0.2) is 0 Å². The summed E-state index contributed by atoms with van der Waals surface area (Å²) in [6, 6.07) is 0. The zero-order chi connectivity index (χ0) is 23.4. The van der Waals surface area contributed by atoms with E-state index in [1.165, 1.54) is 0 Å². The van der Waals surface area contributed by atoms with Gasteiger partial charge in [-0.3, -0.25) is 0 Å². The topological polar surface area (TPSA) is 302 Å². The maximum Gasteiger partial charge on any atom is 4.00 e. The van der Waals surface area contributed by atoms with Gasteiger partial charge in [-0.05, 0) is 0 Å². The first-order chi connectivity index (χ1) is 12.4. The monoisotopic (exact) mass is 474 g/mol. The van der Waals surface area contributed by atoms with Crippen LogP contribution in [0.4, 0.5) is 0 Å². The van der Waals surface area contributed by atoms with Gasteiger partial charge in [-0.1, -0.05) is 0 Å². The third-order valence-electron chi connectivity index (χ3n) is 0.645. The Balaban J connectivity index is -0.0000000305. The molecule has 162 valence electrons. The van der Waals surface area contributed by atoms with Crippen LogP contribution in [0.2, 0.25) is 0 Å². The van der Waals surface area contributed by atoms with Crippen LogP contribution in [0.15, 0.2) is 13.2 Å². The fraction of sp³-hybridized carbons (Fsp3) is 0.417. The number of carboxylic acid groups (broad SMARTS) is 5. The molecule has 0 fully saturated rings. The summed E-state index contributed by atoms with van der Waals surface area (Å²) in [5.41, 5.74) is 0. The molecule has 0 saturated heterocycles. The maximum atomic E-state index is 9.01. The summed E-state index contributed by atoms with van der Waals surface area (Å²) in [5.74, 6) is -7.20. The van der Waals surface area contributed by atoms with Crippen LogP contribution in [-0.2, 0) is 45.7 Å². The molecule has 15 nitrogen and oxygen atoms in total. The zero-order valence-electron chi connectivity index (χ0n) is 15.3. The normalized spacial score (nSPS) is 6.52. The first-order valence-corrected chi connectivity index (χ1v) is 5.89. The van der Waals surface area contributed by atoms with Crippen molar-refractivity contribution in [3.05, 3.63) is 13.2 Å². The Labute approximate surface area is 201 Å². The molecule has 5 N–H and O–H groups in total. The quantitative estimate of drug-likeness (QED) is 0.182. The van der Waals surface area contributed by atoms with E-state index >= 15 is 0 Å². The number of carboxylic acids is 5. The van der Waals surface area contributed by atoms with Gasteiger partial charge >= 0.3 is 51.3 Å². The molecule has 0 aliphatic carbocycles. The van der Waals surface area contributed by atoms with Crippen LogP contribution in [0.3, 0.4) is 0 Å². The minimum absolute atomic E-state index is 0. The van der Waals surface area contributed by atoms with Crippen molar-refractivity contribution >= 4 is 29.8 Å². The number of carbonyl (C=O) groups excluding carboxylic acids is 5. The fourth-order valence-electron chi connectivity index (χ4n) is 0. The van der Waals surface area contributed by atoms with Crippen molar-refractivity contribution in [2.24, 2.45) is 0 Å². The smallest absolute Gasteiger partial charge is 0.548 e. The van der Waals surface area contributed by atoms with E-state index in [9.17, 15) is 0 Å². The van der Waals surface area contributed by atoms with Gasteiger partial charge in [0, 0.05) is 0 Å². The molecule has 0 aliphatic rings. The second-order valence-corrected chi connectivity index (χ2v) is 2.65. The van der Waals surface area contributed by atoms with Gasteiger partial charge in [0.15, 0.2) is 0 Å². The van der Waals surface area contributed by atoms with Gasteiger partial charge < -0.3 is 75.0 Å². The Morgan fingerprint density at radius 3 is 0.517 bits per heavy atom. The third kappa shape index (κ3) is 218. The van der Waals surface area contributed by atoms with Gasteiger partial charge in [0.2, 0.25) is 0 Å². The van der Waals surface area contributed by atoms with Crippen molar-refractivity contribution in [2.45, 2.75) is 0 Å². The van der Waals surface area contributed by atoms with E-state index in [-0.39, 0.29) is 51.3 Å². The summed E-state index contributed by atoms with van der Waals surface area (Å²) >= 11 is 0. The van der Waals surface area contributed by atoms with Crippen molar-refractivity contribution in [1.82, 2.24) is 0 Å². The Morgan fingerprint density at radius 1 is 0.483 bits per heavy atom. The Morgan fingerprint density at radius 2 is 0.517 bits per heavy atom. The average molecular weight is 474 g/mol. The van der Waals surface area contributed by atoms with Gasteiger partial charge in [-0.15, -0.1) is 13.2 Å². The molecular formula is C12H19NaO15Ti. The van der Waals surface area contributed by atoms with E-state index in [2.05, 4.69) is 13.2 Å². The fourth-order valence-corrected chi connectivity index (χ4v) is 0. The van der Waals surface area contributed by atoms with Gasteiger partial charge in [0.1, 0.15) is 0 Å². The largest absolute Gasteiger partial charge is 4.00 e. The molecule has 0 radical (unpaired) electrons. The molecule has 0 aromatic rings. The molecular weight excluding hydrogens is 455 g/mol. The third-order valence-corrected chi connectivity index (χ3v) is 0.645. The molecule has 17 heteroatoms. The Bertz CT molecular complexity index is 310. The molecule has 0 rings (SSSR count). The van der Waals surface area contributed by atoms with Crippen LogP contribution < -0.4 is 55.1 Å². The van der Waals surface area contributed by atoms with E-state index in [0.29, 0.717) is 0 Å². The summed E-state index contributed by atoms with van der Waals surface area (Å²) < 4.78 is 0. The van der Waals surface area contributed by atoms with Crippen molar-refractivity contribution < 1.29 is 126 Å². The van der Waals surface area contributed by atoms with Crippen molar-refractivity contribution in [1.29, 1.82) is 0 Å². The van der Waals surface area contributed by atoms with Crippen LogP contribution in [0.1, 0.15) is 0 Å². The maximum absolute atomic E-state index is 9.01. The van der Waals surface area contributed by atoms with Gasteiger partial charge in [0.25, 0.3) is 0 Å². The summed E-state index contributed by atoms with van der Waals surface area (Å²) in [7, 11) is 0. The van der Waals surface area contributed by atoms with Crippen LogP contribution in [0, 0.1) is 0 Å². The standard InChI is InChI=1S/5C2H4O3.C2H4.Na.Ti/c5*3-1-2(4)5;1-2;;/h5*3H,1H2,(H,4,5);1-2H2;;/q;;;;;;+1;+4/p-5. The summed E-state index contributed by atoms with van der Waals surface area (Å²) in [6.45, 7) is 1.56. The number of carbonyl (C=O) groups is 5. The number of hydrogen-bond donors (Lipinski definition) is 5. The number of aliphatic hydroxyl groups is 5. The first kappa shape index (κ1) is 50.8. The molecule has 0 unspecified atom stereocenters.